The molecule has 1 aliphatic rings. The molecule has 1 atom stereocenters. The second-order valence-electron chi connectivity index (χ2n) is 5.84. The van der Waals surface area contributed by atoms with Crippen LogP contribution < -0.4 is 5.32 Å². The quantitative estimate of drug-likeness (QED) is 0.926. The van der Waals surface area contributed by atoms with Crippen molar-refractivity contribution in [3.05, 3.63) is 35.4 Å². The number of carbonyl (C=O) groups is 2. The van der Waals surface area contributed by atoms with Crippen LogP contribution in [0.25, 0.3) is 0 Å². The summed E-state index contributed by atoms with van der Waals surface area (Å²) in [6.07, 6.45) is 3.14. The van der Waals surface area contributed by atoms with Gasteiger partial charge in [0.1, 0.15) is 0 Å². The summed E-state index contributed by atoms with van der Waals surface area (Å²) in [7, 11) is 0. The van der Waals surface area contributed by atoms with E-state index in [1.165, 1.54) is 6.42 Å². The normalized spacial score (nSPS) is 18.4. The Balaban J connectivity index is 2.09. The van der Waals surface area contributed by atoms with Gasteiger partial charge in [-0.25, -0.2) is 0 Å². The van der Waals surface area contributed by atoms with E-state index in [0.29, 0.717) is 23.6 Å². The summed E-state index contributed by atoms with van der Waals surface area (Å²) in [6.45, 7) is 6.47. The second kappa shape index (κ2) is 7.25. The summed E-state index contributed by atoms with van der Waals surface area (Å²) in [5.41, 5.74) is 1.16. The van der Waals surface area contributed by atoms with Gasteiger partial charge in [-0.15, -0.1) is 0 Å². The van der Waals surface area contributed by atoms with Gasteiger partial charge in [-0.1, -0.05) is 19.9 Å². The molecule has 114 valence electrons. The number of amides is 2. The van der Waals surface area contributed by atoms with Gasteiger partial charge >= 0.3 is 0 Å². The Bertz CT molecular complexity index is 513. The molecule has 21 heavy (non-hydrogen) atoms. The Morgan fingerprint density at radius 3 is 2.81 bits per heavy atom. The van der Waals surface area contributed by atoms with Crippen molar-refractivity contribution < 1.29 is 9.59 Å². The van der Waals surface area contributed by atoms with E-state index in [1.54, 1.807) is 24.3 Å². The van der Waals surface area contributed by atoms with Crippen LogP contribution in [-0.4, -0.2) is 36.3 Å². The van der Waals surface area contributed by atoms with Crippen molar-refractivity contribution in [1.82, 2.24) is 10.2 Å². The topological polar surface area (TPSA) is 49.4 Å². The van der Waals surface area contributed by atoms with Gasteiger partial charge in [0.25, 0.3) is 11.8 Å². The molecule has 1 heterocycles. The molecule has 0 aliphatic carbocycles. The van der Waals surface area contributed by atoms with E-state index in [9.17, 15) is 9.59 Å². The first-order valence-electron chi connectivity index (χ1n) is 7.79. The number of piperidine rings is 1. The van der Waals surface area contributed by atoms with E-state index in [2.05, 4.69) is 12.2 Å². The van der Waals surface area contributed by atoms with Gasteiger partial charge < -0.3 is 10.2 Å². The van der Waals surface area contributed by atoms with Crippen LogP contribution in [0.15, 0.2) is 24.3 Å². The first-order valence-corrected chi connectivity index (χ1v) is 7.79. The minimum atomic E-state index is -0.112. The average Bonchev–Trinajstić information content (AvgIpc) is 2.52. The Morgan fingerprint density at radius 2 is 2.10 bits per heavy atom. The zero-order valence-electron chi connectivity index (χ0n) is 12.9. The molecule has 0 aromatic heterocycles. The third-order valence-corrected chi connectivity index (χ3v) is 3.85. The molecular weight excluding hydrogens is 264 g/mol. The van der Waals surface area contributed by atoms with Crippen molar-refractivity contribution in [1.29, 1.82) is 0 Å². The molecule has 4 heteroatoms. The predicted molar refractivity (Wildman–Crippen MR) is 83.4 cm³/mol. The van der Waals surface area contributed by atoms with Gasteiger partial charge in [0.05, 0.1) is 0 Å². The summed E-state index contributed by atoms with van der Waals surface area (Å²) in [4.78, 5) is 26.4. The van der Waals surface area contributed by atoms with Crippen molar-refractivity contribution in [3.63, 3.8) is 0 Å². The highest BCUT2D eigenvalue weighted by atomic mass is 16.2. The summed E-state index contributed by atoms with van der Waals surface area (Å²) in [5.74, 6) is 0.476. The number of hydrogen-bond acceptors (Lipinski definition) is 2. The Kier molecular flexibility index (Phi) is 5.37. The first kappa shape index (κ1) is 15.5. The minimum Gasteiger partial charge on any atom is -0.352 e. The zero-order chi connectivity index (χ0) is 15.2. The van der Waals surface area contributed by atoms with E-state index in [-0.39, 0.29) is 11.8 Å². The lowest BCUT2D eigenvalue weighted by molar-refractivity contribution is 0.0683. The highest BCUT2D eigenvalue weighted by molar-refractivity contribution is 5.99. The van der Waals surface area contributed by atoms with Crippen LogP contribution in [0.4, 0.5) is 0 Å². The van der Waals surface area contributed by atoms with Gasteiger partial charge in [0.2, 0.25) is 0 Å². The van der Waals surface area contributed by atoms with E-state index in [1.807, 2.05) is 11.8 Å². The SMILES string of the molecule is CCCNC(=O)c1cccc(C(=O)N2CCCC(C)C2)c1. The lowest BCUT2D eigenvalue weighted by Gasteiger charge is -2.31. The lowest BCUT2D eigenvalue weighted by atomic mass is 9.99. The number of rotatable bonds is 4. The Labute approximate surface area is 126 Å². The highest BCUT2D eigenvalue weighted by Crippen LogP contribution is 2.18. The molecule has 0 radical (unpaired) electrons. The smallest absolute Gasteiger partial charge is 0.253 e. The monoisotopic (exact) mass is 288 g/mol. The number of benzene rings is 1. The number of nitrogens with zero attached hydrogens (tertiary/aromatic N) is 1. The van der Waals surface area contributed by atoms with Gasteiger partial charge in [0.15, 0.2) is 0 Å². The minimum absolute atomic E-state index is 0.0340. The molecule has 0 saturated carbocycles. The molecule has 1 saturated heterocycles. The Morgan fingerprint density at radius 1 is 1.33 bits per heavy atom. The first-order chi connectivity index (χ1) is 10.1. The molecule has 1 aliphatic heterocycles. The lowest BCUT2D eigenvalue weighted by Crippen LogP contribution is -2.39. The van der Waals surface area contributed by atoms with Crippen LogP contribution in [0.1, 0.15) is 53.8 Å². The van der Waals surface area contributed by atoms with Crippen LogP contribution >= 0.6 is 0 Å². The molecule has 2 rings (SSSR count). The van der Waals surface area contributed by atoms with Crippen molar-refractivity contribution in [2.24, 2.45) is 5.92 Å². The van der Waals surface area contributed by atoms with Crippen LogP contribution in [0.5, 0.6) is 0 Å². The highest BCUT2D eigenvalue weighted by Gasteiger charge is 2.22. The van der Waals surface area contributed by atoms with Crippen molar-refractivity contribution in [2.75, 3.05) is 19.6 Å². The van der Waals surface area contributed by atoms with Gasteiger partial charge in [-0.05, 0) is 43.4 Å². The van der Waals surface area contributed by atoms with Gasteiger partial charge in [-0.2, -0.15) is 0 Å². The molecule has 0 bridgehead atoms. The average molecular weight is 288 g/mol. The number of hydrogen-bond donors (Lipinski definition) is 1. The van der Waals surface area contributed by atoms with E-state index < -0.39 is 0 Å². The molecule has 1 aromatic rings. The van der Waals surface area contributed by atoms with Crippen LogP contribution in [0, 0.1) is 5.92 Å². The van der Waals surface area contributed by atoms with Crippen LogP contribution in [0.2, 0.25) is 0 Å². The van der Waals surface area contributed by atoms with E-state index >= 15 is 0 Å². The number of nitrogens with one attached hydrogen (secondary N) is 1. The fourth-order valence-electron chi connectivity index (χ4n) is 2.69. The predicted octanol–water partition coefficient (Wildman–Crippen LogP) is 2.70. The molecule has 0 spiro atoms. The summed E-state index contributed by atoms with van der Waals surface area (Å²) >= 11 is 0. The summed E-state index contributed by atoms with van der Waals surface area (Å²) in [6, 6.07) is 7.02. The molecule has 1 unspecified atom stereocenters. The fraction of sp³-hybridized carbons (Fsp3) is 0.529. The van der Waals surface area contributed by atoms with Gasteiger partial charge in [0, 0.05) is 30.8 Å². The van der Waals surface area contributed by atoms with Crippen molar-refractivity contribution in [2.45, 2.75) is 33.1 Å². The zero-order valence-corrected chi connectivity index (χ0v) is 12.9. The fourth-order valence-corrected chi connectivity index (χ4v) is 2.69. The number of carbonyl (C=O) groups excluding carboxylic acids is 2. The molecule has 4 nitrogen and oxygen atoms in total. The summed E-state index contributed by atoms with van der Waals surface area (Å²) < 4.78 is 0. The van der Waals surface area contributed by atoms with Crippen molar-refractivity contribution >= 4 is 11.8 Å². The molecule has 2 amide bonds. The molecule has 1 fully saturated rings. The maximum Gasteiger partial charge on any atom is 0.253 e. The third-order valence-electron chi connectivity index (χ3n) is 3.85. The molecule has 1 aromatic carbocycles. The molecular formula is C17H24N2O2. The number of likely N-dealkylation sites (tertiary alicyclic amines) is 1. The van der Waals surface area contributed by atoms with Crippen molar-refractivity contribution in [3.8, 4) is 0 Å². The van der Waals surface area contributed by atoms with Crippen LogP contribution in [0.3, 0.4) is 0 Å². The maximum atomic E-state index is 12.5. The third kappa shape index (κ3) is 4.06. The summed E-state index contributed by atoms with van der Waals surface area (Å²) in [5, 5.41) is 2.84. The van der Waals surface area contributed by atoms with Gasteiger partial charge in [-0.3, -0.25) is 9.59 Å². The van der Waals surface area contributed by atoms with E-state index in [4.69, 9.17) is 0 Å². The second-order valence-corrected chi connectivity index (χ2v) is 5.84. The largest absolute Gasteiger partial charge is 0.352 e. The van der Waals surface area contributed by atoms with Crippen LogP contribution in [-0.2, 0) is 0 Å². The maximum absolute atomic E-state index is 12.5. The standard InChI is InChI=1S/C17H24N2O2/c1-3-9-18-16(20)14-7-4-8-15(11-14)17(21)19-10-5-6-13(2)12-19/h4,7-8,11,13H,3,5-6,9-10,12H2,1-2H3,(H,18,20). The molecule has 1 N–H and O–H groups in total. The van der Waals surface area contributed by atoms with E-state index in [0.717, 1.165) is 25.9 Å². The Hall–Kier alpha value is -1.84.